The quantitative estimate of drug-likeness (QED) is 0.482. The van der Waals surface area contributed by atoms with E-state index < -0.39 is 0 Å². The van der Waals surface area contributed by atoms with Crippen molar-refractivity contribution in [3.05, 3.63) is 47.1 Å². The van der Waals surface area contributed by atoms with E-state index >= 15 is 0 Å². The average Bonchev–Trinajstić information content (AvgIpc) is 2.64. The van der Waals surface area contributed by atoms with E-state index in [2.05, 4.69) is 16.9 Å². The Morgan fingerprint density at radius 3 is 3.10 bits per heavy atom. The second-order valence-electron chi connectivity index (χ2n) is 4.58. The highest BCUT2D eigenvalue weighted by Gasteiger charge is 2.22. The number of hydrogen-bond donors (Lipinski definition) is 1. The normalized spacial score (nSPS) is 16.9. The van der Waals surface area contributed by atoms with Crippen molar-refractivity contribution < 1.29 is 9.53 Å². The van der Waals surface area contributed by atoms with Crippen LogP contribution in [0.2, 0.25) is 0 Å². The van der Waals surface area contributed by atoms with Gasteiger partial charge in [0.15, 0.2) is 0 Å². The molecule has 0 aromatic heterocycles. The molecule has 0 fully saturated rings. The number of fused-ring (bicyclic) bond motifs is 2. The smallest absolute Gasteiger partial charge is 0.337 e. The van der Waals surface area contributed by atoms with Gasteiger partial charge in [0.1, 0.15) is 0 Å². The minimum absolute atomic E-state index is 0.329. The number of benzene rings is 1. The lowest BCUT2D eigenvalue weighted by molar-refractivity contribution is 0.0601. The summed E-state index contributed by atoms with van der Waals surface area (Å²) in [5.74, 6) is -0.329. The van der Waals surface area contributed by atoms with Gasteiger partial charge in [-0.1, -0.05) is 30.4 Å². The Morgan fingerprint density at radius 2 is 2.30 bits per heavy atom. The minimum Gasteiger partial charge on any atom is -0.465 e. The summed E-state index contributed by atoms with van der Waals surface area (Å²) in [6.45, 7) is 0. The third-order valence-electron chi connectivity index (χ3n) is 3.41. The van der Waals surface area contributed by atoms with Crippen LogP contribution < -0.4 is 4.72 Å². The Bertz CT molecular complexity index is 662. The molecule has 0 atom stereocenters. The third kappa shape index (κ3) is 2.27. The fourth-order valence-electron chi connectivity index (χ4n) is 2.43. The Balaban J connectivity index is 2.12. The molecule has 1 aliphatic heterocycles. The van der Waals surface area contributed by atoms with E-state index in [9.17, 15) is 4.79 Å². The maximum Gasteiger partial charge on any atom is 0.337 e. The van der Waals surface area contributed by atoms with E-state index in [0.717, 1.165) is 33.9 Å². The number of allylic oxidation sites excluding steroid dienone is 3. The highest BCUT2D eigenvalue weighted by molar-refractivity contribution is 8.24. The molecule has 5 heteroatoms. The van der Waals surface area contributed by atoms with Gasteiger partial charge in [-0.3, -0.25) is 0 Å². The molecule has 1 aromatic rings. The molecule has 0 saturated heterocycles. The first-order valence-electron chi connectivity index (χ1n) is 6.30. The summed E-state index contributed by atoms with van der Waals surface area (Å²) in [6, 6.07) is 5.59. The molecule has 3 nitrogen and oxygen atoms in total. The molecule has 0 spiro atoms. The number of carbonyl (C=O) groups is 1. The average molecular weight is 303 g/mol. The number of thiocarbonyl (C=S) groups is 1. The Kier molecular flexibility index (Phi) is 3.63. The molecule has 0 amide bonds. The predicted octanol–water partition coefficient (Wildman–Crippen LogP) is 3.98. The largest absolute Gasteiger partial charge is 0.465 e. The molecular formula is C15H13NO2S2. The summed E-state index contributed by atoms with van der Waals surface area (Å²) in [7, 11) is 1.39. The van der Waals surface area contributed by atoms with Crippen molar-refractivity contribution in [2.24, 2.45) is 0 Å². The number of nitrogens with one attached hydrogen (secondary N) is 1. The highest BCUT2D eigenvalue weighted by atomic mass is 32.2. The fourth-order valence-corrected chi connectivity index (χ4v) is 3.42. The molecule has 0 radical (unpaired) electrons. The zero-order chi connectivity index (χ0) is 14.1. The van der Waals surface area contributed by atoms with Crippen LogP contribution in [0, 0.1) is 0 Å². The lowest BCUT2D eigenvalue weighted by atomic mass is 9.91. The van der Waals surface area contributed by atoms with Crippen LogP contribution in [-0.4, -0.2) is 17.3 Å². The molecule has 1 aromatic carbocycles. The number of carbonyl (C=O) groups excluding carboxylic acids is 1. The fraction of sp³-hybridized carbons (Fsp3) is 0.200. The van der Waals surface area contributed by atoms with Gasteiger partial charge in [0.05, 0.1) is 22.6 Å². The molecule has 20 heavy (non-hydrogen) atoms. The van der Waals surface area contributed by atoms with Gasteiger partial charge in [0.25, 0.3) is 0 Å². The van der Waals surface area contributed by atoms with Crippen molar-refractivity contribution in [1.29, 1.82) is 0 Å². The van der Waals surface area contributed by atoms with Gasteiger partial charge >= 0.3 is 5.97 Å². The monoisotopic (exact) mass is 303 g/mol. The summed E-state index contributed by atoms with van der Waals surface area (Å²) < 4.78 is 8.85. The van der Waals surface area contributed by atoms with Gasteiger partial charge in [-0.25, -0.2) is 4.79 Å². The lowest BCUT2D eigenvalue weighted by Crippen LogP contribution is -2.03. The van der Waals surface area contributed by atoms with Gasteiger partial charge < -0.3 is 9.46 Å². The van der Waals surface area contributed by atoms with Crippen LogP contribution in [0.15, 0.2) is 35.9 Å². The summed E-state index contributed by atoms with van der Waals surface area (Å²) in [5, 5.41) is 0. The van der Waals surface area contributed by atoms with E-state index in [1.165, 1.54) is 24.6 Å². The van der Waals surface area contributed by atoms with Crippen LogP contribution in [0.5, 0.6) is 0 Å². The first-order valence-corrected chi connectivity index (χ1v) is 7.53. The van der Waals surface area contributed by atoms with Crippen LogP contribution in [0.1, 0.15) is 28.8 Å². The number of ether oxygens (including phenoxy) is 1. The topological polar surface area (TPSA) is 38.3 Å². The molecule has 3 rings (SSSR count). The van der Waals surface area contributed by atoms with Crippen molar-refractivity contribution in [2.45, 2.75) is 12.8 Å². The van der Waals surface area contributed by atoms with Crippen LogP contribution in [0.25, 0.3) is 5.57 Å². The predicted molar refractivity (Wildman–Crippen MR) is 86.9 cm³/mol. The second kappa shape index (κ2) is 5.42. The van der Waals surface area contributed by atoms with Crippen LogP contribution in [0.3, 0.4) is 0 Å². The maximum atomic E-state index is 11.6. The van der Waals surface area contributed by atoms with Gasteiger partial charge in [0, 0.05) is 11.1 Å². The van der Waals surface area contributed by atoms with E-state index in [4.69, 9.17) is 17.0 Å². The zero-order valence-corrected chi connectivity index (χ0v) is 12.6. The van der Waals surface area contributed by atoms with Crippen molar-refractivity contribution in [3.63, 3.8) is 0 Å². The molecule has 1 heterocycles. The first-order chi connectivity index (χ1) is 9.70. The number of anilines is 1. The Morgan fingerprint density at radius 1 is 1.45 bits per heavy atom. The van der Waals surface area contributed by atoms with E-state index in [1.807, 2.05) is 12.1 Å². The first kappa shape index (κ1) is 13.4. The molecule has 0 bridgehead atoms. The molecule has 0 saturated carbocycles. The minimum atomic E-state index is -0.329. The molecule has 0 unspecified atom stereocenters. The Hall–Kier alpha value is -1.59. The molecule has 102 valence electrons. The summed E-state index contributed by atoms with van der Waals surface area (Å²) >= 11 is 6.86. The SMILES string of the molecule is COC(=O)c1ccc2c(c1)NSC(=S)C1=C2CCC=C1. The van der Waals surface area contributed by atoms with Crippen LogP contribution in [0.4, 0.5) is 5.69 Å². The molecular weight excluding hydrogens is 290 g/mol. The standard InChI is InChI=1S/C15H13NO2S2/c1-18-14(17)9-6-7-11-10-4-2-3-5-12(10)15(19)20-16-13(11)8-9/h3,5-8,16H,2,4H2,1H3. The summed E-state index contributed by atoms with van der Waals surface area (Å²) in [4.78, 5) is 11.6. The van der Waals surface area contributed by atoms with Crippen molar-refractivity contribution in [3.8, 4) is 0 Å². The number of esters is 1. The lowest BCUT2D eigenvalue weighted by Gasteiger charge is -2.15. The van der Waals surface area contributed by atoms with E-state index in [-0.39, 0.29) is 5.97 Å². The third-order valence-corrected chi connectivity index (χ3v) is 4.61. The number of hydrogen-bond acceptors (Lipinski definition) is 5. The van der Waals surface area contributed by atoms with E-state index in [1.54, 1.807) is 6.07 Å². The van der Waals surface area contributed by atoms with Crippen LogP contribution >= 0.6 is 24.2 Å². The van der Waals surface area contributed by atoms with Gasteiger partial charge in [-0.05, 0) is 42.5 Å². The maximum absolute atomic E-state index is 11.6. The molecule has 2 aliphatic rings. The zero-order valence-electron chi connectivity index (χ0n) is 10.9. The molecule has 1 N–H and O–H groups in total. The number of methoxy groups -OCH3 is 1. The van der Waals surface area contributed by atoms with Crippen molar-refractivity contribution in [1.82, 2.24) is 0 Å². The van der Waals surface area contributed by atoms with Crippen molar-refractivity contribution in [2.75, 3.05) is 11.8 Å². The highest BCUT2D eigenvalue weighted by Crippen LogP contribution is 2.39. The number of rotatable bonds is 1. The summed E-state index contributed by atoms with van der Waals surface area (Å²) in [6.07, 6.45) is 6.24. The second-order valence-corrected chi connectivity index (χ2v) is 6.06. The van der Waals surface area contributed by atoms with Gasteiger partial charge in [-0.2, -0.15) is 0 Å². The van der Waals surface area contributed by atoms with Crippen LogP contribution in [-0.2, 0) is 4.74 Å². The van der Waals surface area contributed by atoms with Gasteiger partial charge in [-0.15, -0.1) is 0 Å². The Labute approximate surface area is 127 Å². The van der Waals surface area contributed by atoms with Crippen molar-refractivity contribution >= 4 is 45.6 Å². The van der Waals surface area contributed by atoms with E-state index in [0.29, 0.717) is 5.56 Å². The van der Waals surface area contributed by atoms with Gasteiger partial charge in [0.2, 0.25) is 0 Å². The molecule has 1 aliphatic carbocycles. The summed E-state index contributed by atoms with van der Waals surface area (Å²) in [5.41, 5.74) is 4.94.